The Kier molecular flexibility index (Phi) is 29.9. The van der Waals surface area contributed by atoms with Crippen molar-refractivity contribution in [1.29, 1.82) is 0 Å². The van der Waals surface area contributed by atoms with Gasteiger partial charge in [-0.15, -0.1) is 0 Å². The van der Waals surface area contributed by atoms with Crippen LogP contribution in [0.3, 0.4) is 0 Å². The summed E-state index contributed by atoms with van der Waals surface area (Å²) in [4.78, 5) is 24.7. The van der Waals surface area contributed by atoms with Crippen molar-refractivity contribution in [2.24, 2.45) is 0 Å². The maximum atomic E-state index is 10.2. The summed E-state index contributed by atoms with van der Waals surface area (Å²) in [6, 6.07) is 1.24. The minimum Gasteiger partial charge on any atom is -0.314 e. The van der Waals surface area contributed by atoms with Gasteiger partial charge in [0, 0.05) is 19.5 Å². The Morgan fingerprint density at radius 2 is 0.756 bits per heavy atom. The molecule has 2 N–H and O–H groups in total. The summed E-state index contributed by atoms with van der Waals surface area (Å²) < 4.78 is 0. The fourth-order valence-corrected chi connectivity index (χ4v) is 10.9. The molecule has 0 atom stereocenters. The quantitative estimate of drug-likeness (QED) is 0.0747. The second-order valence-corrected chi connectivity index (χ2v) is 17.1. The van der Waals surface area contributed by atoms with Crippen LogP contribution in [0.2, 0.25) is 0 Å². The normalized spacial score (nSPS) is 11.4. The van der Waals surface area contributed by atoms with E-state index in [0.717, 1.165) is 0 Å². The molecule has 0 bridgehead atoms. The molecular weight excluding hydrogens is 523 g/mol. The van der Waals surface area contributed by atoms with Crippen LogP contribution in [-0.2, 0) is 0 Å². The smallest absolute Gasteiger partial charge is 0.314 e. The Morgan fingerprint density at radius 1 is 0.463 bits per heavy atom. The summed E-state index contributed by atoms with van der Waals surface area (Å²) in [6.07, 6.45) is 43.4. The van der Waals surface area contributed by atoms with E-state index in [1.54, 1.807) is 50.3 Å². The minimum atomic E-state index is -0.697. The number of aromatic amines is 2. The van der Waals surface area contributed by atoms with Gasteiger partial charge >= 0.3 is 5.69 Å². The fourth-order valence-electron chi connectivity index (χ4n) is 5.96. The number of hydrogen-bond acceptors (Lipinski definition) is 2. The van der Waals surface area contributed by atoms with Crippen molar-refractivity contribution in [3.8, 4) is 0 Å². The van der Waals surface area contributed by atoms with Crippen molar-refractivity contribution in [1.82, 2.24) is 9.97 Å². The van der Waals surface area contributed by atoms with E-state index in [0.29, 0.717) is 0 Å². The predicted molar refractivity (Wildman–Crippen MR) is 188 cm³/mol. The van der Waals surface area contributed by atoms with Gasteiger partial charge in [-0.25, -0.2) is 4.79 Å². The molecule has 4 nitrogen and oxygen atoms in total. The lowest BCUT2D eigenvalue weighted by molar-refractivity contribution is 0.548. The molecule has 0 saturated heterocycles. The SMILES string of the molecule is CCCCCCCCCCCCCC[P+](CCCCCC)(CCCCCC)CCCCCC.O=c1cc[nH]c(=O)[nH]1. The van der Waals surface area contributed by atoms with Gasteiger partial charge in [-0.1, -0.05) is 130 Å². The van der Waals surface area contributed by atoms with Crippen LogP contribution >= 0.6 is 7.26 Å². The van der Waals surface area contributed by atoms with E-state index in [4.69, 9.17) is 0 Å². The van der Waals surface area contributed by atoms with Crippen LogP contribution in [0.5, 0.6) is 0 Å². The third-order valence-corrected chi connectivity index (χ3v) is 13.7. The molecule has 242 valence electrons. The lowest BCUT2D eigenvalue weighted by Crippen LogP contribution is -2.19. The van der Waals surface area contributed by atoms with Gasteiger partial charge in [-0.2, -0.15) is 0 Å². The molecule has 0 saturated carbocycles. The molecule has 0 unspecified atom stereocenters. The maximum absolute atomic E-state index is 10.2. The van der Waals surface area contributed by atoms with Gasteiger partial charge in [-0.05, 0) is 51.4 Å². The number of aromatic nitrogens is 2. The van der Waals surface area contributed by atoms with Gasteiger partial charge < -0.3 is 4.98 Å². The van der Waals surface area contributed by atoms with Gasteiger partial charge in [0.1, 0.15) is 0 Å². The molecule has 0 aliphatic carbocycles. The lowest BCUT2D eigenvalue weighted by Gasteiger charge is -2.28. The van der Waals surface area contributed by atoms with Crippen LogP contribution in [0.25, 0.3) is 0 Å². The van der Waals surface area contributed by atoms with E-state index in [-0.39, 0.29) is 5.56 Å². The van der Waals surface area contributed by atoms with Crippen molar-refractivity contribution in [2.45, 2.75) is 182 Å². The van der Waals surface area contributed by atoms with Crippen molar-refractivity contribution >= 4 is 7.26 Å². The molecule has 5 heteroatoms. The van der Waals surface area contributed by atoms with Gasteiger partial charge in [0.25, 0.3) is 5.56 Å². The summed E-state index contributed by atoms with van der Waals surface area (Å²) in [5, 5.41) is 0. The maximum Gasteiger partial charge on any atom is 0.325 e. The van der Waals surface area contributed by atoms with Crippen molar-refractivity contribution in [2.75, 3.05) is 24.6 Å². The molecule has 41 heavy (non-hydrogen) atoms. The summed E-state index contributed by atoms with van der Waals surface area (Å²) in [5.74, 6) is 0. The average Bonchev–Trinajstić information content (AvgIpc) is 2.96. The third kappa shape index (κ3) is 26.5. The van der Waals surface area contributed by atoms with E-state index < -0.39 is 13.0 Å². The highest BCUT2D eigenvalue weighted by molar-refractivity contribution is 7.75. The second kappa shape index (κ2) is 30.6. The number of H-pyrrole nitrogens is 2. The second-order valence-electron chi connectivity index (χ2n) is 12.6. The first-order valence-corrected chi connectivity index (χ1v) is 20.7. The molecule has 0 amide bonds. The number of hydrogen-bond donors (Lipinski definition) is 2. The topological polar surface area (TPSA) is 65.7 Å². The van der Waals surface area contributed by atoms with Crippen molar-refractivity contribution in [3.63, 3.8) is 0 Å². The Labute approximate surface area is 256 Å². The molecular formula is C36H72N2O2P+. The highest BCUT2D eigenvalue weighted by Gasteiger charge is 2.34. The van der Waals surface area contributed by atoms with Gasteiger partial charge in [0.05, 0.1) is 24.6 Å². The Morgan fingerprint density at radius 3 is 1.02 bits per heavy atom. The molecule has 0 spiro atoms. The molecule has 1 aromatic heterocycles. The molecule has 0 aromatic carbocycles. The summed E-state index contributed by atoms with van der Waals surface area (Å²) in [6.45, 7) is 9.41. The monoisotopic (exact) mass is 596 g/mol. The molecule has 0 fully saturated rings. The molecule has 0 radical (unpaired) electrons. The molecule has 1 rings (SSSR count). The Balaban J connectivity index is 0.00000170. The Hall–Kier alpha value is -0.890. The van der Waals surface area contributed by atoms with E-state index in [1.165, 1.54) is 141 Å². The van der Waals surface area contributed by atoms with Gasteiger partial charge in [-0.3, -0.25) is 9.78 Å². The number of rotatable bonds is 28. The predicted octanol–water partition coefficient (Wildman–Crippen LogP) is 11.5. The first-order valence-electron chi connectivity index (χ1n) is 18.2. The number of nitrogens with one attached hydrogen (secondary N) is 2. The average molecular weight is 596 g/mol. The highest BCUT2D eigenvalue weighted by Crippen LogP contribution is 2.61. The molecule has 1 heterocycles. The zero-order valence-corrected chi connectivity index (χ0v) is 29.1. The van der Waals surface area contributed by atoms with Crippen molar-refractivity contribution < 1.29 is 0 Å². The van der Waals surface area contributed by atoms with Gasteiger partial charge in [0.15, 0.2) is 0 Å². The largest absolute Gasteiger partial charge is 0.325 e. The first-order chi connectivity index (χ1) is 20.0. The van der Waals surface area contributed by atoms with Crippen LogP contribution in [0.4, 0.5) is 0 Å². The van der Waals surface area contributed by atoms with Crippen LogP contribution < -0.4 is 11.2 Å². The zero-order chi connectivity index (χ0) is 30.3. The summed E-state index contributed by atoms with van der Waals surface area (Å²) >= 11 is 0. The summed E-state index contributed by atoms with van der Waals surface area (Å²) in [7, 11) is -0.697. The van der Waals surface area contributed by atoms with Crippen LogP contribution in [0.1, 0.15) is 182 Å². The van der Waals surface area contributed by atoms with E-state index in [1.807, 2.05) is 4.98 Å². The highest BCUT2D eigenvalue weighted by atomic mass is 31.2. The van der Waals surface area contributed by atoms with E-state index in [9.17, 15) is 9.59 Å². The number of unbranched alkanes of at least 4 members (excludes halogenated alkanes) is 20. The third-order valence-electron chi connectivity index (χ3n) is 8.63. The fraction of sp³-hybridized carbons (Fsp3) is 0.889. The van der Waals surface area contributed by atoms with Crippen LogP contribution in [0.15, 0.2) is 21.9 Å². The standard InChI is InChI=1S/C32H68P.C4H4N2O2/c1-5-9-13-17-18-19-20-21-22-23-24-28-32-33(29-25-14-10-6-2,30-26-15-11-7-3)31-27-16-12-8-4;7-3-1-2-5-4(8)6-3/h5-32H2,1-4H3;1-2H,(H2,5,6,7,8)/q+1;. The van der Waals surface area contributed by atoms with Gasteiger partial charge in [0.2, 0.25) is 0 Å². The van der Waals surface area contributed by atoms with E-state index in [2.05, 4.69) is 32.7 Å². The molecule has 0 aliphatic rings. The first kappa shape index (κ1) is 40.1. The molecule has 1 aromatic rings. The van der Waals surface area contributed by atoms with Crippen LogP contribution in [-0.4, -0.2) is 34.6 Å². The lowest BCUT2D eigenvalue weighted by atomic mass is 10.1. The zero-order valence-electron chi connectivity index (χ0n) is 28.2. The molecule has 0 aliphatic heterocycles. The minimum absolute atomic E-state index is 0.381. The van der Waals surface area contributed by atoms with Crippen LogP contribution in [0, 0.1) is 0 Å². The summed E-state index contributed by atoms with van der Waals surface area (Å²) in [5.41, 5.74) is -0.855. The van der Waals surface area contributed by atoms with Crippen molar-refractivity contribution in [3.05, 3.63) is 33.1 Å². The Bertz CT molecular complexity index is 704. The van der Waals surface area contributed by atoms with E-state index >= 15 is 0 Å².